The first-order valence-electron chi connectivity index (χ1n) is 4.73. The largest absolute Gasteiger partial charge is 0.394 e. The molecule has 3 aliphatic rings. The van der Waals surface area contributed by atoms with Crippen molar-refractivity contribution in [3.8, 4) is 0 Å². The van der Waals surface area contributed by atoms with Crippen LogP contribution < -0.4 is 0 Å². The van der Waals surface area contributed by atoms with Crippen molar-refractivity contribution in [2.45, 2.75) is 24.8 Å². The lowest BCUT2D eigenvalue weighted by Gasteiger charge is -2.32. The molecule has 0 spiro atoms. The van der Waals surface area contributed by atoms with Crippen molar-refractivity contribution in [3.05, 3.63) is 0 Å². The summed E-state index contributed by atoms with van der Waals surface area (Å²) in [6, 6.07) is 0. The Kier molecular flexibility index (Phi) is 1.06. The average molecular weight is 153 g/mol. The first-order chi connectivity index (χ1) is 5.37. The zero-order chi connectivity index (χ0) is 7.47. The second-order valence-electron chi connectivity index (χ2n) is 4.41. The van der Waals surface area contributed by atoms with Gasteiger partial charge < -0.3 is 5.11 Å². The van der Waals surface area contributed by atoms with Crippen LogP contribution in [0.3, 0.4) is 0 Å². The van der Waals surface area contributed by atoms with Crippen LogP contribution in [0.2, 0.25) is 0 Å². The van der Waals surface area contributed by atoms with E-state index in [9.17, 15) is 5.11 Å². The number of piperidine rings is 1. The summed E-state index contributed by atoms with van der Waals surface area (Å²) in [5.74, 6) is 1.83. The van der Waals surface area contributed by atoms with Gasteiger partial charge in [-0.2, -0.15) is 0 Å². The molecule has 62 valence electrons. The summed E-state index contributed by atoms with van der Waals surface area (Å²) in [4.78, 5) is 2.53. The molecule has 3 fully saturated rings. The number of hydrogen-bond donors (Lipinski definition) is 1. The van der Waals surface area contributed by atoms with Gasteiger partial charge in [0.1, 0.15) is 0 Å². The Morgan fingerprint density at radius 3 is 3.18 bits per heavy atom. The number of hydrogen-bond acceptors (Lipinski definition) is 2. The Morgan fingerprint density at radius 2 is 2.45 bits per heavy atom. The molecule has 0 unspecified atom stereocenters. The summed E-state index contributed by atoms with van der Waals surface area (Å²) in [6.07, 6.45) is 3.96. The molecule has 0 amide bonds. The van der Waals surface area contributed by atoms with Gasteiger partial charge in [-0.15, -0.1) is 0 Å². The van der Waals surface area contributed by atoms with Crippen molar-refractivity contribution in [3.63, 3.8) is 0 Å². The Morgan fingerprint density at radius 1 is 1.55 bits per heavy atom. The smallest absolute Gasteiger partial charge is 0.0618 e. The topological polar surface area (TPSA) is 23.5 Å². The van der Waals surface area contributed by atoms with Crippen LogP contribution in [0.4, 0.5) is 0 Å². The van der Waals surface area contributed by atoms with E-state index >= 15 is 0 Å². The van der Waals surface area contributed by atoms with Gasteiger partial charge in [0.25, 0.3) is 0 Å². The van der Waals surface area contributed by atoms with Gasteiger partial charge in [0, 0.05) is 12.1 Å². The summed E-state index contributed by atoms with van der Waals surface area (Å²) in [7, 11) is 0. The van der Waals surface area contributed by atoms with E-state index in [1.54, 1.807) is 0 Å². The Hall–Kier alpha value is -0.0800. The SMILES string of the molecule is OC[C@]12CCCN1C[C@H]1C[C@H]12. The fourth-order valence-corrected chi connectivity index (χ4v) is 3.34. The number of aliphatic hydroxyl groups excluding tert-OH is 1. The highest BCUT2D eigenvalue weighted by molar-refractivity contribution is 5.16. The van der Waals surface area contributed by atoms with Crippen LogP contribution in [0.15, 0.2) is 0 Å². The second kappa shape index (κ2) is 1.80. The third-order valence-corrected chi connectivity index (χ3v) is 4.01. The van der Waals surface area contributed by atoms with E-state index in [4.69, 9.17) is 0 Å². The minimum atomic E-state index is 0.269. The molecule has 1 aliphatic carbocycles. The third kappa shape index (κ3) is 0.611. The molecule has 2 saturated heterocycles. The van der Waals surface area contributed by atoms with E-state index in [-0.39, 0.29) is 5.54 Å². The first-order valence-corrected chi connectivity index (χ1v) is 4.73. The molecule has 1 saturated carbocycles. The third-order valence-electron chi connectivity index (χ3n) is 4.01. The van der Waals surface area contributed by atoms with Crippen molar-refractivity contribution >= 4 is 0 Å². The summed E-state index contributed by atoms with van der Waals surface area (Å²) in [6.45, 7) is 2.94. The molecule has 0 radical (unpaired) electrons. The van der Waals surface area contributed by atoms with Crippen molar-refractivity contribution < 1.29 is 5.11 Å². The Labute approximate surface area is 67.2 Å². The molecule has 2 aliphatic heterocycles. The summed E-state index contributed by atoms with van der Waals surface area (Å²) >= 11 is 0. The highest BCUT2D eigenvalue weighted by Gasteiger charge is 2.62. The number of rotatable bonds is 1. The van der Waals surface area contributed by atoms with Gasteiger partial charge in [0.2, 0.25) is 0 Å². The number of fused-ring (bicyclic) bond motifs is 3. The molecule has 11 heavy (non-hydrogen) atoms. The maximum atomic E-state index is 9.38. The van der Waals surface area contributed by atoms with Gasteiger partial charge in [0.15, 0.2) is 0 Å². The monoisotopic (exact) mass is 153 g/mol. The quantitative estimate of drug-likeness (QED) is 0.591. The zero-order valence-corrected chi connectivity index (χ0v) is 6.79. The lowest BCUT2D eigenvalue weighted by molar-refractivity contribution is 0.0755. The van der Waals surface area contributed by atoms with Crippen LogP contribution in [0.5, 0.6) is 0 Å². The normalized spacial score (nSPS) is 54.3. The van der Waals surface area contributed by atoms with Gasteiger partial charge >= 0.3 is 0 Å². The minimum absolute atomic E-state index is 0.269. The van der Waals surface area contributed by atoms with Crippen molar-refractivity contribution in [2.75, 3.05) is 19.7 Å². The maximum Gasteiger partial charge on any atom is 0.0618 e. The molecule has 3 rings (SSSR count). The minimum Gasteiger partial charge on any atom is -0.394 e. The van der Waals surface area contributed by atoms with Crippen LogP contribution in [-0.2, 0) is 0 Å². The second-order valence-corrected chi connectivity index (χ2v) is 4.41. The molecular weight excluding hydrogens is 138 g/mol. The average Bonchev–Trinajstić information content (AvgIpc) is 2.59. The van der Waals surface area contributed by atoms with Crippen molar-refractivity contribution in [2.24, 2.45) is 11.8 Å². The van der Waals surface area contributed by atoms with Crippen LogP contribution in [0.1, 0.15) is 19.3 Å². The van der Waals surface area contributed by atoms with Gasteiger partial charge in [-0.1, -0.05) is 0 Å². The fourth-order valence-electron chi connectivity index (χ4n) is 3.34. The van der Waals surface area contributed by atoms with Crippen LogP contribution >= 0.6 is 0 Å². The Bertz CT molecular complexity index is 194. The molecule has 3 atom stereocenters. The first kappa shape index (κ1) is 6.44. The molecule has 2 heteroatoms. The highest BCUT2D eigenvalue weighted by Crippen LogP contribution is 2.59. The van der Waals surface area contributed by atoms with E-state index in [1.165, 1.54) is 32.4 Å². The lowest BCUT2D eigenvalue weighted by Crippen LogP contribution is -2.45. The zero-order valence-electron chi connectivity index (χ0n) is 6.79. The van der Waals surface area contributed by atoms with Crippen LogP contribution in [0, 0.1) is 11.8 Å². The number of nitrogens with zero attached hydrogens (tertiary/aromatic N) is 1. The molecule has 0 bridgehead atoms. The number of aliphatic hydroxyl groups is 1. The highest BCUT2D eigenvalue weighted by atomic mass is 16.3. The molecule has 0 aromatic carbocycles. The summed E-state index contributed by atoms with van der Waals surface area (Å²) < 4.78 is 0. The molecule has 2 heterocycles. The predicted octanol–water partition coefficient (Wildman–Crippen LogP) is 0.463. The fraction of sp³-hybridized carbons (Fsp3) is 1.00. The molecular formula is C9H15NO. The molecule has 1 N–H and O–H groups in total. The van der Waals surface area contributed by atoms with E-state index in [0.29, 0.717) is 6.61 Å². The summed E-state index contributed by atoms with van der Waals surface area (Å²) in [5, 5.41) is 9.38. The van der Waals surface area contributed by atoms with Gasteiger partial charge in [-0.05, 0) is 37.6 Å². The summed E-state index contributed by atoms with van der Waals surface area (Å²) in [5.41, 5.74) is 0.269. The molecule has 0 aromatic rings. The van der Waals surface area contributed by atoms with E-state index in [2.05, 4.69) is 4.90 Å². The van der Waals surface area contributed by atoms with Gasteiger partial charge in [0.05, 0.1) is 6.61 Å². The lowest BCUT2D eigenvalue weighted by atomic mass is 9.93. The Balaban J connectivity index is 1.95. The van der Waals surface area contributed by atoms with Crippen molar-refractivity contribution in [1.82, 2.24) is 4.90 Å². The van der Waals surface area contributed by atoms with E-state index in [0.717, 1.165) is 11.8 Å². The van der Waals surface area contributed by atoms with Gasteiger partial charge in [-0.25, -0.2) is 0 Å². The van der Waals surface area contributed by atoms with Crippen LogP contribution in [-0.4, -0.2) is 35.2 Å². The predicted molar refractivity (Wildman–Crippen MR) is 42.2 cm³/mol. The van der Waals surface area contributed by atoms with Gasteiger partial charge in [-0.3, -0.25) is 4.90 Å². The maximum absolute atomic E-state index is 9.38. The molecule has 0 aromatic heterocycles. The molecule has 2 nitrogen and oxygen atoms in total. The van der Waals surface area contributed by atoms with E-state index in [1.807, 2.05) is 0 Å². The van der Waals surface area contributed by atoms with E-state index < -0.39 is 0 Å². The standard InChI is InChI=1S/C9H15NO/c11-6-9-2-1-3-10(9)5-7-4-8(7)9/h7-8,11H,1-6H2/t7-,8-,9+/m1/s1. The van der Waals surface area contributed by atoms with Crippen molar-refractivity contribution in [1.29, 1.82) is 0 Å². The van der Waals surface area contributed by atoms with Crippen LogP contribution in [0.25, 0.3) is 0 Å².